The van der Waals surface area contributed by atoms with Crippen molar-refractivity contribution in [3.05, 3.63) is 23.8 Å². The molecule has 0 spiro atoms. The van der Waals surface area contributed by atoms with E-state index in [2.05, 4.69) is 5.32 Å². The quantitative estimate of drug-likeness (QED) is 0.377. The molecule has 2 N–H and O–H groups in total. The number of nitrogens with zero attached hydrogens (tertiary/aromatic N) is 2. The lowest BCUT2D eigenvalue weighted by Crippen LogP contribution is -2.50. The first-order valence-corrected chi connectivity index (χ1v) is 10.4. The van der Waals surface area contributed by atoms with Gasteiger partial charge < -0.3 is 29.5 Å². The summed E-state index contributed by atoms with van der Waals surface area (Å²) in [4.78, 5) is 38.7. The van der Waals surface area contributed by atoms with Crippen molar-refractivity contribution in [2.24, 2.45) is 0 Å². The van der Waals surface area contributed by atoms with Crippen LogP contribution in [0.25, 0.3) is 6.08 Å². The minimum atomic E-state index is -0.876. The first-order valence-electron chi connectivity index (χ1n) is 10.4. The van der Waals surface area contributed by atoms with E-state index < -0.39 is 5.97 Å². The zero-order valence-corrected chi connectivity index (χ0v) is 18.8. The molecule has 1 aromatic carbocycles. The van der Waals surface area contributed by atoms with E-state index in [4.69, 9.17) is 19.3 Å². The Bertz CT molecular complexity index is 808. The Morgan fingerprint density at radius 2 is 1.66 bits per heavy atom. The molecule has 10 heteroatoms. The van der Waals surface area contributed by atoms with Gasteiger partial charge in [0.1, 0.15) is 0 Å². The molecule has 0 radical (unpaired) electrons. The number of carbonyl (C=O) groups excluding carboxylic acids is 2. The largest absolute Gasteiger partial charge is 0.493 e. The van der Waals surface area contributed by atoms with Crippen LogP contribution in [0.1, 0.15) is 18.4 Å². The average molecular weight is 450 g/mol. The van der Waals surface area contributed by atoms with E-state index in [1.165, 1.54) is 27.4 Å². The summed E-state index contributed by atoms with van der Waals surface area (Å²) in [6, 6.07) is 3.52. The topological polar surface area (TPSA) is 118 Å². The van der Waals surface area contributed by atoms with E-state index in [1.807, 2.05) is 4.90 Å². The minimum Gasteiger partial charge on any atom is -0.493 e. The number of piperazine rings is 1. The zero-order valence-electron chi connectivity index (χ0n) is 18.8. The number of hydrogen-bond donors (Lipinski definition) is 2. The molecule has 0 saturated carbocycles. The van der Waals surface area contributed by atoms with E-state index in [9.17, 15) is 14.4 Å². The van der Waals surface area contributed by atoms with Gasteiger partial charge in [0.25, 0.3) is 0 Å². The van der Waals surface area contributed by atoms with E-state index in [1.54, 1.807) is 23.1 Å². The Kier molecular flexibility index (Phi) is 9.80. The standard InChI is InChI=1S/C22H31N3O7/c1-30-17-13-16(14-18(31-2)22(17)32-3)6-7-20(27)25-11-9-24(10-12-25)15-19(26)23-8-4-5-21(28)29/h6-7,13-14H,4-5,8-12,15H2,1-3H3,(H,23,26)(H,28,29)/b7-6+. The third-order valence-corrected chi connectivity index (χ3v) is 5.05. The summed E-state index contributed by atoms with van der Waals surface area (Å²) in [5.74, 6) is 0.372. The van der Waals surface area contributed by atoms with Crippen LogP contribution in [0.15, 0.2) is 18.2 Å². The van der Waals surface area contributed by atoms with Gasteiger partial charge in [-0.1, -0.05) is 0 Å². The summed E-state index contributed by atoms with van der Waals surface area (Å²) in [6.07, 6.45) is 3.64. The molecule has 1 aliphatic rings. The number of aliphatic carboxylic acids is 1. The smallest absolute Gasteiger partial charge is 0.303 e. The molecular weight excluding hydrogens is 418 g/mol. The van der Waals surface area contributed by atoms with Crippen LogP contribution in [0.4, 0.5) is 0 Å². The van der Waals surface area contributed by atoms with Crippen molar-refractivity contribution in [3.8, 4) is 17.2 Å². The van der Waals surface area contributed by atoms with Crippen molar-refractivity contribution in [2.45, 2.75) is 12.8 Å². The van der Waals surface area contributed by atoms with Crippen molar-refractivity contribution in [1.82, 2.24) is 15.1 Å². The molecule has 1 aromatic rings. The van der Waals surface area contributed by atoms with Gasteiger partial charge in [-0.15, -0.1) is 0 Å². The first kappa shape index (κ1) is 25.0. The number of carboxylic acid groups (broad SMARTS) is 1. The number of hydrogen-bond acceptors (Lipinski definition) is 7. The zero-order chi connectivity index (χ0) is 23.5. The van der Waals surface area contributed by atoms with Gasteiger partial charge in [-0.3, -0.25) is 19.3 Å². The van der Waals surface area contributed by atoms with Crippen molar-refractivity contribution in [1.29, 1.82) is 0 Å². The predicted octanol–water partition coefficient (Wildman–Crippen LogP) is 0.851. The Labute approximate surface area is 187 Å². The van der Waals surface area contributed by atoms with Crippen molar-refractivity contribution in [3.63, 3.8) is 0 Å². The summed E-state index contributed by atoms with van der Waals surface area (Å²) < 4.78 is 16.0. The molecule has 10 nitrogen and oxygen atoms in total. The molecule has 0 aliphatic carbocycles. The third kappa shape index (κ3) is 7.45. The van der Waals surface area contributed by atoms with Crippen molar-refractivity contribution < 1.29 is 33.7 Å². The van der Waals surface area contributed by atoms with Crippen LogP contribution in [-0.2, 0) is 14.4 Å². The summed E-state index contributed by atoms with van der Waals surface area (Å²) in [5, 5.41) is 11.3. The number of carboxylic acids is 1. The predicted molar refractivity (Wildman–Crippen MR) is 118 cm³/mol. The second-order valence-electron chi connectivity index (χ2n) is 7.24. The van der Waals surface area contributed by atoms with Gasteiger partial charge in [-0.25, -0.2) is 0 Å². The summed E-state index contributed by atoms with van der Waals surface area (Å²) in [5.41, 5.74) is 0.742. The number of nitrogens with one attached hydrogen (secondary N) is 1. The van der Waals surface area contributed by atoms with Crippen LogP contribution in [-0.4, -0.2) is 93.3 Å². The van der Waals surface area contributed by atoms with Gasteiger partial charge in [0, 0.05) is 45.2 Å². The molecule has 2 amide bonds. The highest BCUT2D eigenvalue weighted by Gasteiger charge is 2.21. The molecular formula is C22H31N3O7. The summed E-state index contributed by atoms with van der Waals surface area (Å²) >= 11 is 0. The summed E-state index contributed by atoms with van der Waals surface area (Å²) in [7, 11) is 4.60. The number of ether oxygens (including phenoxy) is 3. The highest BCUT2D eigenvalue weighted by molar-refractivity contribution is 5.92. The highest BCUT2D eigenvalue weighted by Crippen LogP contribution is 2.38. The maximum absolute atomic E-state index is 12.6. The number of carbonyl (C=O) groups is 3. The Hall–Kier alpha value is -3.27. The SMILES string of the molecule is COc1cc(/C=C/C(=O)N2CCN(CC(=O)NCCCC(=O)O)CC2)cc(OC)c1OC. The molecule has 0 bridgehead atoms. The molecule has 1 aliphatic heterocycles. The van der Waals surface area contributed by atoms with Crippen LogP contribution in [0, 0.1) is 0 Å². The van der Waals surface area contributed by atoms with Gasteiger partial charge in [0.15, 0.2) is 11.5 Å². The molecule has 2 rings (SSSR count). The number of methoxy groups -OCH3 is 3. The van der Waals surface area contributed by atoms with E-state index in [0.717, 1.165) is 5.56 Å². The molecule has 1 saturated heterocycles. The summed E-state index contributed by atoms with van der Waals surface area (Å²) in [6.45, 7) is 2.79. The number of rotatable bonds is 11. The van der Waals surface area contributed by atoms with Gasteiger partial charge in [-0.05, 0) is 30.2 Å². The van der Waals surface area contributed by atoms with Crippen LogP contribution >= 0.6 is 0 Å². The Balaban J connectivity index is 1.83. The van der Waals surface area contributed by atoms with Crippen molar-refractivity contribution >= 4 is 23.9 Å². The van der Waals surface area contributed by atoms with Crippen LogP contribution in [0.3, 0.4) is 0 Å². The van der Waals surface area contributed by atoms with Crippen LogP contribution < -0.4 is 19.5 Å². The fourth-order valence-corrected chi connectivity index (χ4v) is 3.32. The van der Waals surface area contributed by atoms with Gasteiger partial charge in [-0.2, -0.15) is 0 Å². The minimum absolute atomic E-state index is 0.0324. The van der Waals surface area contributed by atoms with Gasteiger partial charge in [0.05, 0.1) is 27.9 Å². The average Bonchev–Trinajstić information content (AvgIpc) is 2.79. The van der Waals surface area contributed by atoms with Gasteiger partial charge in [0.2, 0.25) is 17.6 Å². The maximum Gasteiger partial charge on any atom is 0.303 e. The monoisotopic (exact) mass is 449 g/mol. The number of benzene rings is 1. The molecule has 0 unspecified atom stereocenters. The molecule has 1 heterocycles. The van der Waals surface area contributed by atoms with Crippen LogP contribution in [0.2, 0.25) is 0 Å². The number of amides is 2. The van der Waals surface area contributed by atoms with Gasteiger partial charge >= 0.3 is 5.97 Å². The van der Waals surface area contributed by atoms with E-state index in [0.29, 0.717) is 56.4 Å². The molecule has 0 atom stereocenters. The Morgan fingerprint density at radius 3 is 2.19 bits per heavy atom. The highest BCUT2D eigenvalue weighted by atomic mass is 16.5. The molecule has 1 fully saturated rings. The second-order valence-corrected chi connectivity index (χ2v) is 7.24. The third-order valence-electron chi connectivity index (χ3n) is 5.05. The Morgan fingerprint density at radius 1 is 1.03 bits per heavy atom. The van der Waals surface area contributed by atoms with Crippen LogP contribution in [0.5, 0.6) is 17.2 Å². The fraction of sp³-hybridized carbons (Fsp3) is 0.500. The lowest BCUT2D eigenvalue weighted by atomic mass is 10.1. The molecule has 32 heavy (non-hydrogen) atoms. The first-order chi connectivity index (χ1) is 15.4. The molecule has 176 valence electrons. The van der Waals surface area contributed by atoms with E-state index >= 15 is 0 Å². The maximum atomic E-state index is 12.6. The molecule has 0 aromatic heterocycles. The van der Waals surface area contributed by atoms with E-state index in [-0.39, 0.29) is 24.8 Å². The fourth-order valence-electron chi connectivity index (χ4n) is 3.32. The lowest BCUT2D eigenvalue weighted by molar-refractivity contribution is -0.137. The lowest BCUT2D eigenvalue weighted by Gasteiger charge is -2.33. The second kappa shape index (κ2) is 12.6. The van der Waals surface area contributed by atoms with Crippen molar-refractivity contribution in [2.75, 3.05) is 60.6 Å². The normalized spacial score (nSPS) is 14.3.